The van der Waals surface area contributed by atoms with Crippen molar-refractivity contribution in [3.05, 3.63) is 35.5 Å². The van der Waals surface area contributed by atoms with Gasteiger partial charge in [-0.3, -0.25) is 9.88 Å². The van der Waals surface area contributed by atoms with E-state index in [4.69, 9.17) is 5.73 Å². The van der Waals surface area contributed by atoms with Crippen molar-refractivity contribution < 1.29 is 0 Å². The van der Waals surface area contributed by atoms with Crippen LogP contribution in [0.25, 0.3) is 10.7 Å². The van der Waals surface area contributed by atoms with Crippen molar-refractivity contribution in [2.24, 2.45) is 5.73 Å². The quantitative estimate of drug-likeness (QED) is 0.888. The molecule has 4 nitrogen and oxygen atoms in total. The van der Waals surface area contributed by atoms with Gasteiger partial charge in [-0.15, -0.1) is 11.3 Å². The second-order valence-corrected chi connectivity index (χ2v) is 5.17. The number of nitrogens with zero attached hydrogens (tertiary/aromatic N) is 3. The van der Waals surface area contributed by atoms with Gasteiger partial charge in [-0.2, -0.15) is 0 Å². The van der Waals surface area contributed by atoms with Gasteiger partial charge in [0.25, 0.3) is 0 Å². The first kappa shape index (κ1) is 10.8. The predicted molar refractivity (Wildman–Crippen MR) is 68.6 cm³/mol. The lowest BCUT2D eigenvalue weighted by Crippen LogP contribution is -2.54. The number of pyridine rings is 1. The van der Waals surface area contributed by atoms with Crippen LogP contribution in [0.5, 0.6) is 0 Å². The van der Waals surface area contributed by atoms with Gasteiger partial charge in [0.2, 0.25) is 0 Å². The minimum atomic E-state index is 0.351. The van der Waals surface area contributed by atoms with Crippen molar-refractivity contribution in [3.63, 3.8) is 0 Å². The van der Waals surface area contributed by atoms with Crippen molar-refractivity contribution in [3.8, 4) is 10.7 Å². The average molecular weight is 246 g/mol. The molecular formula is C12H14N4S. The van der Waals surface area contributed by atoms with Gasteiger partial charge in [-0.05, 0) is 12.1 Å². The molecule has 0 aromatic carbocycles. The highest BCUT2D eigenvalue weighted by atomic mass is 32.1. The molecule has 1 aliphatic heterocycles. The predicted octanol–water partition coefficient (Wildman–Crippen LogP) is 1.35. The molecule has 5 heteroatoms. The molecule has 1 fully saturated rings. The molecule has 3 rings (SSSR count). The fourth-order valence-electron chi connectivity index (χ4n) is 1.95. The lowest BCUT2D eigenvalue weighted by atomic mass is 10.1. The zero-order chi connectivity index (χ0) is 11.7. The van der Waals surface area contributed by atoms with Crippen LogP contribution in [0.15, 0.2) is 29.8 Å². The minimum Gasteiger partial charge on any atom is -0.325 e. The fraction of sp³-hybridized carbons (Fsp3) is 0.333. The van der Waals surface area contributed by atoms with E-state index in [0.717, 1.165) is 36.0 Å². The highest BCUT2D eigenvalue weighted by Crippen LogP contribution is 2.22. The van der Waals surface area contributed by atoms with Gasteiger partial charge < -0.3 is 5.73 Å². The molecule has 17 heavy (non-hydrogen) atoms. The summed E-state index contributed by atoms with van der Waals surface area (Å²) in [7, 11) is 0. The fourth-order valence-corrected chi connectivity index (χ4v) is 2.74. The monoisotopic (exact) mass is 246 g/mol. The van der Waals surface area contributed by atoms with Gasteiger partial charge in [0.15, 0.2) is 0 Å². The largest absolute Gasteiger partial charge is 0.325 e. The van der Waals surface area contributed by atoms with Crippen LogP contribution in [0, 0.1) is 0 Å². The molecule has 2 aromatic heterocycles. The SMILES string of the molecule is NC1CN(Cc2csc(-c3ccccn3)n2)C1. The summed E-state index contributed by atoms with van der Waals surface area (Å²) in [5.74, 6) is 0. The summed E-state index contributed by atoms with van der Waals surface area (Å²) in [6.45, 7) is 2.87. The molecule has 1 aliphatic rings. The molecule has 0 radical (unpaired) electrons. The normalized spacial score (nSPS) is 17.0. The molecule has 0 amide bonds. The van der Waals surface area contributed by atoms with Crippen LogP contribution in [0.4, 0.5) is 0 Å². The number of likely N-dealkylation sites (tertiary alicyclic amines) is 1. The van der Waals surface area contributed by atoms with Crippen molar-refractivity contribution in [1.29, 1.82) is 0 Å². The zero-order valence-corrected chi connectivity index (χ0v) is 10.2. The first-order valence-corrected chi connectivity index (χ1v) is 6.53. The van der Waals surface area contributed by atoms with Gasteiger partial charge >= 0.3 is 0 Å². The average Bonchev–Trinajstić information content (AvgIpc) is 2.77. The van der Waals surface area contributed by atoms with Crippen LogP contribution >= 0.6 is 11.3 Å². The summed E-state index contributed by atoms with van der Waals surface area (Å²) in [5.41, 5.74) is 7.81. The molecule has 0 saturated carbocycles. The van der Waals surface area contributed by atoms with Crippen LogP contribution in [0.3, 0.4) is 0 Å². The summed E-state index contributed by atoms with van der Waals surface area (Å²) < 4.78 is 0. The van der Waals surface area contributed by atoms with Gasteiger partial charge in [0, 0.05) is 37.3 Å². The molecule has 1 saturated heterocycles. The number of nitrogens with two attached hydrogens (primary N) is 1. The third kappa shape index (κ3) is 2.36. The molecule has 2 aromatic rings. The van der Waals surface area contributed by atoms with E-state index in [1.807, 2.05) is 18.2 Å². The summed E-state index contributed by atoms with van der Waals surface area (Å²) >= 11 is 1.65. The molecule has 0 bridgehead atoms. The molecule has 3 heterocycles. The Bertz CT molecular complexity index is 490. The first-order valence-electron chi connectivity index (χ1n) is 5.65. The summed E-state index contributed by atoms with van der Waals surface area (Å²) in [6, 6.07) is 6.24. The maximum absolute atomic E-state index is 5.75. The van der Waals surface area contributed by atoms with E-state index in [-0.39, 0.29) is 0 Å². The molecule has 2 N–H and O–H groups in total. The van der Waals surface area contributed by atoms with Crippen LogP contribution in [0.2, 0.25) is 0 Å². The van der Waals surface area contributed by atoms with Gasteiger partial charge in [0.05, 0.1) is 11.4 Å². The van der Waals surface area contributed by atoms with Gasteiger partial charge in [-0.25, -0.2) is 4.98 Å². The van der Waals surface area contributed by atoms with Crippen molar-refractivity contribution in [1.82, 2.24) is 14.9 Å². The standard InChI is InChI=1S/C12H14N4S/c13-9-5-16(6-9)7-10-8-17-12(15-10)11-3-1-2-4-14-11/h1-4,8-9H,5-7,13H2. The highest BCUT2D eigenvalue weighted by Gasteiger charge is 2.23. The summed E-state index contributed by atoms with van der Waals surface area (Å²) in [5, 5.41) is 3.10. The Hall–Kier alpha value is -1.30. The molecule has 0 unspecified atom stereocenters. The first-order chi connectivity index (χ1) is 8.31. The van der Waals surface area contributed by atoms with E-state index in [2.05, 4.69) is 20.2 Å². The minimum absolute atomic E-state index is 0.351. The topological polar surface area (TPSA) is 55.0 Å². The second-order valence-electron chi connectivity index (χ2n) is 4.31. The maximum Gasteiger partial charge on any atom is 0.142 e. The van der Waals surface area contributed by atoms with Crippen molar-refractivity contribution in [2.75, 3.05) is 13.1 Å². The van der Waals surface area contributed by atoms with Crippen molar-refractivity contribution in [2.45, 2.75) is 12.6 Å². The number of thiazole rings is 1. The number of rotatable bonds is 3. The van der Waals surface area contributed by atoms with E-state index in [0.29, 0.717) is 6.04 Å². The Labute approximate surface area is 104 Å². The maximum atomic E-state index is 5.75. The number of hydrogen-bond donors (Lipinski definition) is 1. The second kappa shape index (κ2) is 4.52. The van der Waals surface area contributed by atoms with Crippen LogP contribution in [-0.2, 0) is 6.54 Å². The third-order valence-electron chi connectivity index (χ3n) is 2.81. The molecular weight excluding hydrogens is 232 g/mol. The van der Waals surface area contributed by atoms with Gasteiger partial charge in [0.1, 0.15) is 5.01 Å². The van der Waals surface area contributed by atoms with Crippen LogP contribution < -0.4 is 5.73 Å². The Kier molecular flexibility index (Phi) is 2.88. The Balaban J connectivity index is 1.70. The van der Waals surface area contributed by atoms with Gasteiger partial charge in [-0.1, -0.05) is 6.07 Å². The number of aromatic nitrogens is 2. The molecule has 0 atom stereocenters. The summed E-state index contributed by atoms with van der Waals surface area (Å²) in [4.78, 5) is 11.2. The van der Waals surface area contributed by atoms with E-state index >= 15 is 0 Å². The van der Waals surface area contributed by atoms with E-state index in [1.165, 1.54) is 0 Å². The zero-order valence-electron chi connectivity index (χ0n) is 9.41. The Morgan fingerprint density at radius 3 is 3.00 bits per heavy atom. The Morgan fingerprint density at radius 2 is 2.29 bits per heavy atom. The lowest BCUT2D eigenvalue weighted by molar-refractivity contribution is 0.141. The third-order valence-corrected chi connectivity index (χ3v) is 3.72. The smallest absolute Gasteiger partial charge is 0.142 e. The highest BCUT2D eigenvalue weighted by molar-refractivity contribution is 7.13. The number of hydrogen-bond acceptors (Lipinski definition) is 5. The van der Waals surface area contributed by atoms with E-state index in [9.17, 15) is 0 Å². The van der Waals surface area contributed by atoms with E-state index in [1.54, 1.807) is 17.5 Å². The molecule has 0 aliphatic carbocycles. The van der Waals surface area contributed by atoms with Crippen molar-refractivity contribution >= 4 is 11.3 Å². The molecule has 88 valence electrons. The summed E-state index contributed by atoms with van der Waals surface area (Å²) in [6.07, 6.45) is 1.80. The lowest BCUT2D eigenvalue weighted by Gasteiger charge is -2.36. The Morgan fingerprint density at radius 1 is 1.41 bits per heavy atom. The molecule has 0 spiro atoms. The van der Waals surface area contributed by atoms with E-state index < -0.39 is 0 Å². The van der Waals surface area contributed by atoms with Crippen LogP contribution in [0.1, 0.15) is 5.69 Å². The van der Waals surface area contributed by atoms with Crippen LogP contribution in [-0.4, -0.2) is 34.0 Å².